The van der Waals surface area contributed by atoms with Gasteiger partial charge in [-0.05, 0) is 33.6 Å². The highest BCUT2D eigenvalue weighted by Gasteiger charge is 2.24. The van der Waals surface area contributed by atoms with Gasteiger partial charge in [0.15, 0.2) is 0 Å². The highest BCUT2D eigenvalue weighted by molar-refractivity contribution is 9.10. The average molecular weight is 346 g/mol. The Bertz CT molecular complexity index is 718. The number of benzene rings is 1. The van der Waals surface area contributed by atoms with Crippen LogP contribution in [0.15, 0.2) is 47.2 Å². The predicted molar refractivity (Wildman–Crippen MR) is 81.7 cm³/mol. The number of nitrogens with zero attached hydrogens (tertiary/aromatic N) is 2. The lowest BCUT2D eigenvalue weighted by atomic mass is 10.1. The van der Waals surface area contributed by atoms with Crippen LogP contribution in [0.1, 0.15) is 15.9 Å². The van der Waals surface area contributed by atoms with Crippen molar-refractivity contribution in [2.24, 2.45) is 0 Å². The number of fused-ring (bicyclic) bond motifs is 1. The van der Waals surface area contributed by atoms with Crippen LogP contribution in [0.25, 0.3) is 0 Å². The molecule has 0 radical (unpaired) electrons. The molecule has 3 rings (SSSR count). The summed E-state index contributed by atoms with van der Waals surface area (Å²) in [4.78, 5) is 30.0. The van der Waals surface area contributed by atoms with Crippen molar-refractivity contribution in [1.29, 1.82) is 0 Å². The van der Waals surface area contributed by atoms with Crippen molar-refractivity contribution >= 4 is 33.4 Å². The third-order valence-corrected chi connectivity index (χ3v) is 3.66. The van der Waals surface area contributed by atoms with Gasteiger partial charge in [0.1, 0.15) is 6.54 Å². The molecule has 0 saturated heterocycles. The molecule has 0 spiro atoms. The van der Waals surface area contributed by atoms with Gasteiger partial charge in [-0.3, -0.25) is 14.6 Å². The zero-order chi connectivity index (χ0) is 14.8. The molecule has 1 N–H and O–H groups in total. The fourth-order valence-electron chi connectivity index (χ4n) is 2.26. The van der Waals surface area contributed by atoms with Gasteiger partial charge in [0, 0.05) is 29.1 Å². The number of carbonyl (C=O) groups excluding carboxylic acids is 2. The fourth-order valence-corrected chi connectivity index (χ4v) is 2.62. The van der Waals surface area contributed by atoms with Gasteiger partial charge in [-0.2, -0.15) is 0 Å². The Morgan fingerprint density at radius 2 is 2.05 bits per heavy atom. The molecule has 5 nitrogen and oxygen atoms in total. The van der Waals surface area contributed by atoms with Crippen LogP contribution in [0.5, 0.6) is 0 Å². The first-order valence-electron chi connectivity index (χ1n) is 6.41. The third kappa shape index (κ3) is 2.95. The van der Waals surface area contributed by atoms with E-state index in [1.165, 1.54) is 11.1 Å². The fraction of sp³-hybridized carbons (Fsp3) is 0.133. The van der Waals surface area contributed by atoms with Crippen LogP contribution in [-0.2, 0) is 11.3 Å². The average Bonchev–Trinajstić information content (AvgIpc) is 2.64. The van der Waals surface area contributed by atoms with E-state index in [0.29, 0.717) is 12.1 Å². The molecule has 1 aromatic carbocycles. The summed E-state index contributed by atoms with van der Waals surface area (Å²) in [5, 5.41) is 2.81. The molecule has 6 heteroatoms. The minimum absolute atomic E-state index is 0.0278. The lowest BCUT2D eigenvalue weighted by Crippen LogP contribution is -2.35. The molecule has 2 amide bonds. The first kappa shape index (κ1) is 13.8. The molecular weight excluding hydrogens is 334 g/mol. The van der Waals surface area contributed by atoms with Crippen molar-refractivity contribution in [3.63, 3.8) is 0 Å². The van der Waals surface area contributed by atoms with Gasteiger partial charge in [0.25, 0.3) is 5.91 Å². The van der Waals surface area contributed by atoms with Crippen molar-refractivity contribution in [2.75, 3.05) is 11.9 Å². The summed E-state index contributed by atoms with van der Waals surface area (Å²) in [6, 6.07) is 9.18. The van der Waals surface area contributed by atoms with E-state index in [2.05, 4.69) is 26.2 Å². The standard InChI is InChI=1S/C15H12BrN3O2/c16-12-5-11(6-17-7-12)15(21)19-8-10-3-1-2-4-13(10)18-14(20)9-19/h1-7H,8-9H2,(H,18,20). The summed E-state index contributed by atoms with van der Waals surface area (Å²) in [7, 11) is 0. The lowest BCUT2D eigenvalue weighted by molar-refractivity contribution is -0.116. The number of nitrogens with one attached hydrogen (secondary N) is 1. The number of aromatic nitrogens is 1. The van der Waals surface area contributed by atoms with Crippen molar-refractivity contribution < 1.29 is 9.59 Å². The van der Waals surface area contributed by atoms with Gasteiger partial charge in [-0.1, -0.05) is 18.2 Å². The zero-order valence-corrected chi connectivity index (χ0v) is 12.6. The van der Waals surface area contributed by atoms with Crippen LogP contribution in [0, 0.1) is 0 Å². The van der Waals surface area contributed by atoms with Gasteiger partial charge in [-0.25, -0.2) is 0 Å². The van der Waals surface area contributed by atoms with E-state index < -0.39 is 0 Å². The number of amides is 2. The maximum atomic E-state index is 12.5. The van der Waals surface area contributed by atoms with Gasteiger partial charge in [0.05, 0.1) is 5.56 Å². The molecule has 1 aliphatic heterocycles. The third-order valence-electron chi connectivity index (χ3n) is 3.23. The Balaban J connectivity index is 1.92. The quantitative estimate of drug-likeness (QED) is 0.863. The first-order valence-corrected chi connectivity index (χ1v) is 7.20. The molecule has 1 aromatic heterocycles. The van der Waals surface area contributed by atoms with E-state index in [-0.39, 0.29) is 18.4 Å². The summed E-state index contributed by atoms with van der Waals surface area (Å²) in [5.74, 6) is -0.410. The Labute approximate surface area is 130 Å². The van der Waals surface area contributed by atoms with Gasteiger partial charge < -0.3 is 10.2 Å². The van der Waals surface area contributed by atoms with Crippen LogP contribution in [0.2, 0.25) is 0 Å². The number of halogens is 1. The second-order valence-corrected chi connectivity index (χ2v) is 5.67. The molecule has 2 aromatic rings. The van der Waals surface area contributed by atoms with Crippen LogP contribution in [0.4, 0.5) is 5.69 Å². The Morgan fingerprint density at radius 1 is 1.24 bits per heavy atom. The zero-order valence-electron chi connectivity index (χ0n) is 11.0. The predicted octanol–water partition coefficient (Wildman–Crippen LogP) is 2.44. The van der Waals surface area contributed by atoms with Crippen LogP contribution in [0.3, 0.4) is 0 Å². The summed E-state index contributed by atoms with van der Waals surface area (Å²) in [6.07, 6.45) is 3.11. The maximum absolute atomic E-state index is 12.5. The molecule has 0 unspecified atom stereocenters. The molecule has 106 valence electrons. The second kappa shape index (κ2) is 5.65. The highest BCUT2D eigenvalue weighted by atomic mass is 79.9. The smallest absolute Gasteiger partial charge is 0.256 e. The van der Waals surface area contributed by atoms with Crippen molar-refractivity contribution in [3.05, 3.63) is 58.3 Å². The summed E-state index contributed by atoms with van der Waals surface area (Å²) < 4.78 is 0.730. The lowest BCUT2D eigenvalue weighted by Gasteiger charge is -2.19. The molecule has 1 aliphatic rings. The number of hydrogen-bond acceptors (Lipinski definition) is 3. The number of hydrogen-bond donors (Lipinski definition) is 1. The summed E-state index contributed by atoms with van der Waals surface area (Å²) in [6.45, 7) is 0.417. The van der Waals surface area contributed by atoms with Crippen LogP contribution < -0.4 is 5.32 Å². The topological polar surface area (TPSA) is 62.3 Å². The minimum atomic E-state index is -0.212. The van der Waals surface area contributed by atoms with E-state index in [0.717, 1.165) is 15.7 Å². The molecular formula is C15H12BrN3O2. The normalized spacial score (nSPS) is 14.1. The molecule has 0 atom stereocenters. The highest BCUT2D eigenvalue weighted by Crippen LogP contribution is 2.21. The van der Waals surface area contributed by atoms with Crippen LogP contribution in [-0.4, -0.2) is 28.2 Å². The van der Waals surface area contributed by atoms with E-state index >= 15 is 0 Å². The van der Waals surface area contributed by atoms with Crippen molar-refractivity contribution in [2.45, 2.75) is 6.54 Å². The van der Waals surface area contributed by atoms with E-state index in [4.69, 9.17) is 0 Å². The first-order chi connectivity index (χ1) is 10.1. The van der Waals surface area contributed by atoms with Crippen LogP contribution >= 0.6 is 15.9 Å². The Kier molecular flexibility index (Phi) is 3.70. The SMILES string of the molecule is O=C1CN(C(=O)c2cncc(Br)c2)Cc2ccccc2N1. The summed E-state index contributed by atoms with van der Waals surface area (Å²) >= 11 is 3.30. The van der Waals surface area contributed by atoms with Gasteiger partial charge in [-0.15, -0.1) is 0 Å². The minimum Gasteiger partial charge on any atom is -0.325 e. The number of carbonyl (C=O) groups is 2. The van der Waals surface area contributed by atoms with Crippen molar-refractivity contribution in [3.8, 4) is 0 Å². The number of para-hydroxylation sites is 1. The molecule has 2 heterocycles. The van der Waals surface area contributed by atoms with Crippen molar-refractivity contribution in [1.82, 2.24) is 9.88 Å². The Morgan fingerprint density at radius 3 is 2.86 bits per heavy atom. The molecule has 0 aliphatic carbocycles. The van der Waals surface area contributed by atoms with E-state index in [1.807, 2.05) is 24.3 Å². The van der Waals surface area contributed by atoms with Gasteiger partial charge in [0.2, 0.25) is 5.91 Å². The largest absolute Gasteiger partial charge is 0.325 e. The molecule has 0 saturated carbocycles. The Hall–Kier alpha value is -2.21. The molecule has 0 fully saturated rings. The van der Waals surface area contributed by atoms with E-state index in [1.54, 1.807) is 12.3 Å². The number of anilines is 1. The second-order valence-electron chi connectivity index (χ2n) is 4.76. The molecule has 0 bridgehead atoms. The molecule has 21 heavy (non-hydrogen) atoms. The van der Waals surface area contributed by atoms with E-state index in [9.17, 15) is 9.59 Å². The maximum Gasteiger partial charge on any atom is 0.256 e. The number of pyridine rings is 1. The number of rotatable bonds is 1. The summed E-state index contributed by atoms with van der Waals surface area (Å²) in [5.41, 5.74) is 2.13. The monoisotopic (exact) mass is 345 g/mol. The van der Waals surface area contributed by atoms with Gasteiger partial charge >= 0.3 is 0 Å².